The Morgan fingerprint density at radius 2 is 2.50 bits per heavy atom. The predicted octanol–water partition coefficient (Wildman–Crippen LogP) is 1.87. The van der Waals surface area contributed by atoms with Crippen molar-refractivity contribution in [3.63, 3.8) is 0 Å². The Morgan fingerprint density at radius 1 is 1.69 bits per heavy atom. The summed E-state index contributed by atoms with van der Waals surface area (Å²) in [5, 5.41) is 2.62. The zero-order valence-electron chi connectivity index (χ0n) is 8.78. The summed E-state index contributed by atoms with van der Waals surface area (Å²) >= 11 is 1.65. The number of hydrogen-bond acceptors (Lipinski definition) is 3. The second kappa shape index (κ2) is 7.00. The molecule has 0 aliphatic heterocycles. The van der Waals surface area contributed by atoms with Crippen LogP contribution >= 0.6 is 11.8 Å². The molecule has 0 spiro atoms. The van der Waals surface area contributed by atoms with Crippen molar-refractivity contribution in [2.45, 2.75) is 0 Å². The third-order valence-corrected chi connectivity index (χ3v) is 2.74. The van der Waals surface area contributed by atoms with Crippen molar-refractivity contribution >= 4 is 17.7 Å². The molecule has 0 aromatic carbocycles. The summed E-state index contributed by atoms with van der Waals surface area (Å²) < 4.78 is 13.1. The standard InChI is InChI=1S/C11H13FN2OS/c1-2-7-16-8-6-14-11(15)9-4-3-5-13-10(9)12/h2-5H,1,6-8H2,(H,14,15). The summed E-state index contributed by atoms with van der Waals surface area (Å²) in [5.41, 5.74) is -0.0174. The first kappa shape index (κ1) is 12.7. The van der Waals surface area contributed by atoms with Crippen LogP contribution < -0.4 is 5.32 Å². The quantitative estimate of drug-likeness (QED) is 0.469. The molecule has 0 radical (unpaired) electrons. The highest BCUT2D eigenvalue weighted by Crippen LogP contribution is 2.03. The molecular formula is C11H13FN2OS. The maximum Gasteiger partial charge on any atom is 0.255 e. The van der Waals surface area contributed by atoms with E-state index in [1.54, 1.807) is 17.8 Å². The van der Waals surface area contributed by atoms with E-state index in [-0.39, 0.29) is 5.56 Å². The predicted molar refractivity (Wildman–Crippen MR) is 64.1 cm³/mol. The van der Waals surface area contributed by atoms with Gasteiger partial charge in [-0.2, -0.15) is 16.2 Å². The molecule has 0 fully saturated rings. The van der Waals surface area contributed by atoms with E-state index >= 15 is 0 Å². The summed E-state index contributed by atoms with van der Waals surface area (Å²) in [5.74, 6) is 0.458. The molecule has 1 aromatic rings. The number of amides is 1. The molecule has 16 heavy (non-hydrogen) atoms. The lowest BCUT2D eigenvalue weighted by atomic mass is 10.2. The highest BCUT2D eigenvalue weighted by atomic mass is 32.2. The largest absolute Gasteiger partial charge is 0.351 e. The first-order valence-corrected chi connectivity index (χ1v) is 5.98. The zero-order chi connectivity index (χ0) is 11.8. The van der Waals surface area contributed by atoms with Crippen LogP contribution in [0.15, 0.2) is 31.0 Å². The Morgan fingerprint density at radius 3 is 3.19 bits per heavy atom. The molecule has 3 nitrogen and oxygen atoms in total. The average molecular weight is 240 g/mol. The molecule has 0 atom stereocenters. The molecule has 0 bridgehead atoms. The third kappa shape index (κ3) is 4.02. The van der Waals surface area contributed by atoms with E-state index in [1.165, 1.54) is 18.3 Å². The SMILES string of the molecule is C=CCSCCNC(=O)c1cccnc1F. The number of nitrogens with zero attached hydrogens (tertiary/aromatic N) is 1. The number of halogens is 1. The highest BCUT2D eigenvalue weighted by Gasteiger charge is 2.10. The zero-order valence-corrected chi connectivity index (χ0v) is 9.60. The van der Waals surface area contributed by atoms with Gasteiger partial charge in [0, 0.05) is 24.2 Å². The van der Waals surface area contributed by atoms with Gasteiger partial charge in [-0.25, -0.2) is 4.98 Å². The number of carbonyl (C=O) groups excluding carboxylic acids is 1. The van der Waals surface area contributed by atoms with E-state index in [9.17, 15) is 9.18 Å². The fraction of sp³-hybridized carbons (Fsp3) is 0.273. The molecule has 0 aliphatic carbocycles. The van der Waals surface area contributed by atoms with Crippen molar-refractivity contribution < 1.29 is 9.18 Å². The van der Waals surface area contributed by atoms with Crippen LogP contribution in [0, 0.1) is 5.95 Å². The fourth-order valence-corrected chi connectivity index (χ4v) is 1.63. The van der Waals surface area contributed by atoms with Crippen LogP contribution in [0.25, 0.3) is 0 Å². The third-order valence-electron chi connectivity index (χ3n) is 1.77. The van der Waals surface area contributed by atoms with Crippen LogP contribution in [-0.4, -0.2) is 28.9 Å². The molecule has 5 heteroatoms. The minimum atomic E-state index is -0.737. The number of pyridine rings is 1. The van der Waals surface area contributed by atoms with E-state index in [2.05, 4.69) is 16.9 Å². The van der Waals surface area contributed by atoms with E-state index in [0.29, 0.717) is 6.54 Å². The lowest BCUT2D eigenvalue weighted by Crippen LogP contribution is -2.26. The summed E-state index contributed by atoms with van der Waals surface area (Å²) in [6.07, 6.45) is 3.11. The van der Waals surface area contributed by atoms with Crippen LogP contribution in [-0.2, 0) is 0 Å². The number of thioether (sulfide) groups is 1. The highest BCUT2D eigenvalue weighted by molar-refractivity contribution is 7.99. The molecule has 1 rings (SSSR count). The Kier molecular flexibility index (Phi) is 5.56. The van der Waals surface area contributed by atoms with Gasteiger partial charge < -0.3 is 5.32 Å². The molecule has 1 heterocycles. The van der Waals surface area contributed by atoms with Gasteiger partial charge in [-0.05, 0) is 12.1 Å². The van der Waals surface area contributed by atoms with Gasteiger partial charge >= 0.3 is 0 Å². The summed E-state index contributed by atoms with van der Waals surface area (Å²) in [6.45, 7) is 4.09. The van der Waals surface area contributed by atoms with Gasteiger partial charge in [-0.3, -0.25) is 4.79 Å². The van der Waals surface area contributed by atoms with E-state index in [4.69, 9.17) is 0 Å². The lowest BCUT2D eigenvalue weighted by molar-refractivity contribution is 0.0951. The lowest BCUT2D eigenvalue weighted by Gasteiger charge is -2.04. The van der Waals surface area contributed by atoms with Crippen LogP contribution in [0.2, 0.25) is 0 Å². The van der Waals surface area contributed by atoms with Crippen LogP contribution in [0.5, 0.6) is 0 Å². The Balaban J connectivity index is 2.36. The Bertz CT molecular complexity index is 371. The van der Waals surface area contributed by atoms with E-state index in [1.807, 2.05) is 0 Å². The number of rotatable bonds is 6. The van der Waals surface area contributed by atoms with Crippen LogP contribution in [0.1, 0.15) is 10.4 Å². The molecule has 0 saturated carbocycles. The normalized spacial score (nSPS) is 9.81. The second-order valence-electron chi connectivity index (χ2n) is 2.96. The van der Waals surface area contributed by atoms with Crippen LogP contribution in [0.4, 0.5) is 4.39 Å². The monoisotopic (exact) mass is 240 g/mol. The van der Waals surface area contributed by atoms with Crippen molar-refractivity contribution in [2.75, 3.05) is 18.1 Å². The van der Waals surface area contributed by atoms with Crippen molar-refractivity contribution in [1.29, 1.82) is 0 Å². The minimum Gasteiger partial charge on any atom is -0.351 e. The van der Waals surface area contributed by atoms with E-state index < -0.39 is 11.9 Å². The number of carbonyl (C=O) groups is 1. The van der Waals surface area contributed by atoms with Gasteiger partial charge in [-0.1, -0.05) is 6.08 Å². The summed E-state index contributed by atoms with van der Waals surface area (Å²) in [6, 6.07) is 2.94. The van der Waals surface area contributed by atoms with Crippen molar-refractivity contribution in [1.82, 2.24) is 10.3 Å². The van der Waals surface area contributed by atoms with Crippen LogP contribution in [0.3, 0.4) is 0 Å². The van der Waals surface area contributed by atoms with Crippen molar-refractivity contribution in [2.24, 2.45) is 0 Å². The maximum atomic E-state index is 13.1. The summed E-state index contributed by atoms with van der Waals surface area (Å²) in [7, 11) is 0. The van der Waals surface area contributed by atoms with E-state index in [0.717, 1.165) is 11.5 Å². The average Bonchev–Trinajstić information content (AvgIpc) is 2.29. The molecule has 1 aromatic heterocycles. The molecule has 0 aliphatic rings. The first-order chi connectivity index (χ1) is 7.75. The number of hydrogen-bond donors (Lipinski definition) is 1. The fourth-order valence-electron chi connectivity index (χ4n) is 1.05. The second-order valence-corrected chi connectivity index (χ2v) is 4.11. The Hall–Kier alpha value is -1.36. The Labute approximate surface area is 98.2 Å². The van der Waals surface area contributed by atoms with Gasteiger partial charge in [0.15, 0.2) is 0 Å². The molecule has 86 valence electrons. The van der Waals surface area contributed by atoms with Gasteiger partial charge in [0.25, 0.3) is 5.91 Å². The van der Waals surface area contributed by atoms with Crippen molar-refractivity contribution in [3.05, 3.63) is 42.5 Å². The maximum absolute atomic E-state index is 13.1. The number of nitrogens with one attached hydrogen (secondary N) is 1. The minimum absolute atomic E-state index is 0.0174. The van der Waals surface area contributed by atoms with Gasteiger partial charge in [0.05, 0.1) is 5.56 Å². The molecule has 0 unspecified atom stereocenters. The molecule has 0 saturated heterocycles. The smallest absolute Gasteiger partial charge is 0.255 e. The number of aromatic nitrogens is 1. The van der Waals surface area contributed by atoms with Gasteiger partial charge in [-0.15, -0.1) is 6.58 Å². The topological polar surface area (TPSA) is 42.0 Å². The van der Waals surface area contributed by atoms with Gasteiger partial charge in [0.2, 0.25) is 5.95 Å². The first-order valence-electron chi connectivity index (χ1n) is 4.83. The molecule has 1 amide bonds. The van der Waals surface area contributed by atoms with Gasteiger partial charge in [0.1, 0.15) is 0 Å². The van der Waals surface area contributed by atoms with Crippen molar-refractivity contribution in [3.8, 4) is 0 Å². The molecular weight excluding hydrogens is 227 g/mol. The summed E-state index contributed by atoms with van der Waals surface area (Å²) in [4.78, 5) is 14.9. The molecule has 1 N–H and O–H groups in total.